The van der Waals surface area contributed by atoms with E-state index in [-0.39, 0.29) is 0 Å². The molecule has 14 heavy (non-hydrogen) atoms. The standard InChI is InChI=1S/C8H16N2.2C2H6/c1-4-10-6-5-9(3)7-8(10)2;2*1-2/h2,4-7H2,1,3H3;2*1-2H3. The van der Waals surface area contributed by atoms with Crippen LogP contribution in [0.1, 0.15) is 34.6 Å². The van der Waals surface area contributed by atoms with E-state index in [0.717, 1.165) is 19.6 Å². The predicted molar refractivity (Wildman–Crippen MR) is 66.6 cm³/mol. The van der Waals surface area contributed by atoms with Gasteiger partial charge < -0.3 is 4.90 Å². The second-order valence-electron chi connectivity index (χ2n) is 2.88. The Balaban J connectivity index is 0. The molecule has 2 heteroatoms. The molecule has 86 valence electrons. The molecule has 0 aromatic carbocycles. The van der Waals surface area contributed by atoms with Crippen LogP contribution in [0.3, 0.4) is 0 Å². The minimum absolute atomic E-state index is 1.04. The van der Waals surface area contributed by atoms with Crippen LogP contribution in [0.5, 0.6) is 0 Å². The van der Waals surface area contributed by atoms with Gasteiger partial charge in [-0.05, 0) is 14.0 Å². The molecule has 1 rings (SSSR count). The number of nitrogens with zero attached hydrogens (tertiary/aromatic N) is 2. The van der Waals surface area contributed by atoms with Gasteiger partial charge in [0.2, 0.25) is 0 Å². The van der Waals surface area contributed by atoms with E-state index >= 15 is 0 Å². The molecule has 0 aromatic heterocycles. The van der Waals surface area contributed by atoms with Crippen LogP contribution in [-0.4, -0.2) is 43.0 Å². The maximum Gasteiger partial charge on any atom is 0.0375 e. The fourth-order valence-corrected chi connectivity index (χ4v) is 1.32. The molecule has 0 radical (unpaired) electrons. The van der Waals surface area contributed by atoms with Crippen molar-refractivity contribution < 1.29 is 0 Å². The third-order valence-corrected chi connectivity index (χ3v) is 2.03. The van der Waals surface area contributed by atoms with Crippen LogP contribution >= 0.6 is 0 Å². The van der Waals surface area contributed by atoms with Gasteiger partial charge in [-0.2, -0.15) is 0 Å². The van der Waals surface area contributed by atoms with Gasteiger partial charge in [0.15, 0.2) is 0 Å². The quantitative estimate of drug-likeness (QED) is 0.642. The second-order valence-corrected chi connectivity index (χ2v) is 2.88. The Hall–Kier alpha value is -0.500. The first kappa shape index (κ1) is 15.9. The van der Waals surface area contributed by atoms with Crippen LogP contribution in [-0.2, 0) is 0 Å². The molecule has 0 unspecified atom stereocenters. The normalized spacial score (nSPS) is 16.4. The first-order valence-electron chi connectivity index (χ1n) is 5.85. The van der Waals surface area contributed by atoms with Crippen molar-refractivity contribution in [3.8, 4) is 0 Å². The molecule has 1 fully saturated rings. The lowest BCUT2D eigenvalue weighted by Gasteiger charge is -2.35. The molecule has 0 atom stereocenters. The molecule has 0 saturated carbocycles. The average molecular weight is 200 g/mol. The lowest BCUT2D eigenvalue weighted by atomic mass is 10.3. The lowest BCUT2D eigenvalue weighted by Crippen LogP contribution is -2.42. The monoisotopic (exact) mass is 200 g/mol. The Bertz CT molecular complexity index is 132. The van der Waals surface area contributed by atoms with Crippen LogP contribution in [0.15, 0.2) is 12.3 Å². The molecule has 0 aromatic rings. The van der Waals surface area contributed by atoms with Gasteiger partial charge in [0, 0.05) is 31.9 Å². The molecule has 1 saturated heterocycles. The third-order valence-electron chi connectivity index (χ3n) is 2.03. The molecule has 0 aliphatic carbocycles. The van der Waals surface area contributed by atoms with Crippen molar-refractivity contribution in [3.63, 3.8) is 0 Å². The topological polar surface area (TPSA) is 6.48 Å². The molecule has 0 N–H and O–H groups in total. The molecule has 1 aliphatic heterocycles. The van der Waals surface area contributed by atoms with Crippen LogP contribution in [0.25, 0.3) is 0 Å². The van der Waals surface area contributed by atoms with Crippen molar-refractivity contribution in [3.05, 3.63) is 12.3 Å². The highest BCUT2D eigenvalue weighted by molar-refractivity contribution is 4.99. The molecular weight excluding hydrogens is 172 g/mol. The summed E-state index contributed by atoms with van der Waals surface area (Å²) in [5.74, 6) is 0. The zero-order valence-corrected chi connectivity index (χ0v) is 10.9. The van der Waals surface area contributed by atoms with Crippen molar-refractivity contribution in [2.75, 3.05) is 33.2 Å². The fourth-order valence-electron chi connectivity index (χ4n) is 1.32. The number of rotatable bonds is 1. The zero-order valence-electron chi connectivity index (χ0n) is 10.9. The minimum atomic E-state index is 1.04. The second kappa shape index (κ2) is 10.6. The summed E-state index contributed by atoms with van der Waals surface area (Å²) in [4.78, 5) is 4.63. The predicted octanol–water partition coefficient (Wildman–Crippen LogP) is 2.82. The molecule has 0 amide bonds. The van der Waals surface area contributed by atoms with Gasteiger partial charge in [-0.3, -0.25) is 4.90 Å². The van der Waals surface area contributed by atoms with Crippen LogP contribution in [0, 0.1) is 0 Å². The largest absolute Gasteiger partial charge is 0.373 e. The van der Waals surface area contributed by atoms with E-state index in [4.69, 9.17) is 0 Å². The van der Waals surface area contributed by atoms with E-state index in [2.05, 4.69) is 30.4 Å². The number of hydrogen-bond donors (Lipinski definition) is 0. The number of likely N-dealkylation sites (N-methyl/N-ethyl adjacent to an activating group) is 2. The van der Waals surface area contributed by atoms with Gasteiger partial charge in [-0.15, -0.1) is 0 Å². The van der Waals surface area contributed by atoms with E-state index in [1.165, 1.54) is 12.2 Å². The van der Waals surface area contributed by atoms with Crippen molar-refractivity contribution in [1.29, 1.82) is 0 Å². The summed E-state index contributed by atoms with van der Waals surface area (Å²) in [7, 11) is 2.14. The van der Waals surface area contributed by atoms with Crippen LogP contribution < -0.4 is 0 Å². The Morgan fingerprint density at radius 1 is 1.14 bits per heavy atom. The molecule has 2 nitrogen and oxygen atoms in total. The fraction of sp³-hybridized carbons (Fsp3) is 0.833. The van der Waals surface area contributed by atoms with E-state index < -0.39 is 0 Å². The van der Waals surface area contributed by atoms with Crippen LogP contribution in [0.4, 0.5) is 0 Å². The van der Waals surface area contributed by atoms with E-state index in [0.29, 0.717) is 0 Å². The Morgan fingerprint density at radius 3 is 2.00 bits per heavy atom. The van der Waals surface area contributed by atoms with Gasteiger partial charge in [-0.1, -0.05) is 34.3 Å². The Morgan fingerprint density at radius 2 is 1.64 bits per heavy atom. The molecule has 0 spiro atoms. The number of piperazine rings is 1. The van der Waals surface area contributed by atoms with Crippen molar-refractivity contribution in [2.24, 2.45) is 0 Å². The summed E-state index contributed by atoms with van der Waals surface area (Å²) in [6.45, 7) is 18.6. The summed E-state index contributed by atoms with van der Waals surface area (Å²) in [6, 6.07) is 0. The van der Waals surface area contributed by atoms with E-state index in [9.17, 15) is 0 Å². The summed E-state index contributed by atoms with van der Waals surface area (Å²) in [5.41, 5.74) is 1.26. The van der Waals surface area contributed by atoms with Gasteiger partial charge in [-0.25, -0.2) is 0 Å². The smallest absolute Gasteiger partial charge is 0.0375 e. The highest BCUT2D eigenvalue weighted by Crippen LogP contribution is 2.08. The molecular formula is C12H28N2. The first-order chi connectivity index (χ1) is 6.74. The van der Waals surface area contributed by atoms with Gasteiger partial charge in [0.25, 0.3) is 0 Å². The van der Waals surface area contributed by atoms with Crippen molar-refractivity contribution in [1.82, 2.24) is 9.80 Å². The Labute approximate surface area is 90.6 Å². The summed E-state index contributed by atoms with van der Waals surface area (Å²) in [6.07, 6.45) is 0. The maximum absolute atomic E-state index is 4.00. The highest BCUT2D eigenvalue weighted by atomic mass is 15.2. The molecule has 1 aliphatic rings. The van der Waals surface area contributed by atoms with E-state index in [1.54, 1.807) is 0 Å². The SMILES string of the molecule is C=C1CN(C)CCN1CC.CC.CC. The molecule has 1 heterocycles. The van der Waals surface area contributed by atoms with Crippen molar-refractivity contribution in [2.45, 2.75) is 34.6 Å². The van der Waals surface area contributed by atoms with Gasteiger partial charge >= 0.3 is 0 Å². The van der Waals surface area contributed by atoms with Gasteiger partial charge in [0.05, 0.1) is 0 Å². The van der Waals surface area contributed by atoms with E-state index in [1.807, 2.05) is 27.7 Å². The molecule has 0 bridgehead atoms. The Kier molecular flexibility index (Phi) is 12.1. The van der Waals surface area contributed by atoms with Gasteiger partial charge in [0.1, 0.15) is 0 Å². The maximum atomic E-state index is 4.00. The number of hydrogen-bond acceptors (Lipinski definition) is 2. The minimum Gasteiger partial charge on any atom is -0.373 e. The highest BCUT2D eigenvalue weighted by Gasteiger charge is 2.13. The third kappa shape index (κ3) is 6.03. The van der Waals surface area contributed by atoms with Crippen molar-refractivity contribution >= 4 is 0 Å². The zero-order chi connectivity index (χ0) is 11.6. The van der Waals surface area contributed by atoms with Crippen LogP contribution in [0.2, 0.25) is 0 Å². The first-order valence-corrected chi connectivity index (χ1v) is 5.85. The average Bonchev–Trinajstić information content (AvgIpc) is 2.24. The summed E-state index contributed by atoms with van der Waals surface area (Å²) in [5, 5.41) is 0. The summed E-state index contributed by atoms with van der Waals surface area (Å²) >= 11 is 0. The summed E-state index contributed by atoms with van der Waals surface area (Å²) < 4.78 is 0. The lowest BCUT2D eigenvalue weighted by molar-refractivity contribution is 0.210.